The van der Waals surface area contributed by atoms with Gasteiger partial charge >= 0.3 is 148 Å². The maximum absolute atomic E-state index is 12.0. The molecule has 0 aromatic heterocycles. The molecule has 0 aromatic carbocycles. The zero-order valence-corrected chi connectivity index (χ0v) is 18.0. The summed E-state index contributed by atoms with van der Waals surface area (Å²) >= 11 is -2.81. The Morgan fingerprint density at radius 2 is 1.04 bits per heavy atom. The quantitative estimate of drug-likeness (QED) is 0.462. The fourth-order valence-electron chi connectivity index (χ4n) is 5.90. The molecule has 3 rings (SSSR count). The zero-order chi connectivity index (χ0) is 16.1. The Morgan fingerprint density at radius 3 is 1.30 bits per heavy atom. The number of carbonyl (C=O) groups excluding carboxylic acids is 1. The topological polar surface area (TPSA) is 26.3 Å². The molecule has 3 heteroatoms. The van der Waals surface area contributed by atoms with Crippen LogP contribution in [0.4, 0.5) is 0 Å². The van der Waals surface area contributed by atoms with Crippen molar-refractivity contribution in [2.75, 3.05) is 0 Å². The predicted molar refractivity (Wildman–Crippen MR) is 97.8 cm³/mol. The Balaban J connectivity index is 1.73. The van der Waals surface area contributed by atoms with Crippen molar-refractivity contribution in [1.82, 2.24) is 0 Å². The van der Waals surface area contributed by atoms with Crippen LogP contribution in [0.15, 0.2) is 0 Å². The third-order valence-corrected chi connectivity index (χ3v) is 20.1. The molecule has 3 aliphatic rings. The third kappa shape index (κ3) is 5.37. The van der Waals surface area contributed by atoms with Gasteiger partial charge in [0.25, 0.3) is 0 Å². The Hall–Kier alpha value is 0.269. The summed E-state index contributed by atoms with van der Waals surface area (Å²) in [6.07, 6.45) is 17.0. The molecule has 0 N–H and O–H groups in total. The summed E-state index contributed by atoms with van der Waals surface area (Å²) in [6, 6.07) is 0. The molecule has 0 amide bonds. The van der Waals surface area contributed by atoms with Gasteiger partial charge in [0.15, 0.2) is 0 Å². The summed E-state index contributed by atoms with van der Waals surface area (Å²) in [4.78, 5) is 12.0. The van der Waals surface area contributed by atoms with Gasteiger partial charge in [-0.3, -0.25) is 0 Å². The van der Waals surface area contributed by atoms with E-state index in [-0.39, 0.29) is 5.97 Å². The fourth-order valence-corrected chi connectivity index (χ4v) is 22.3. The summed E-state index contributed by atoms with van der Waals surface area (Å²) in [7, 11) is 0. The molecule has 0 heterocycles. The average Bonchev–Trinajstić information content (AvgIpc) is 3.20. The Labute approximate surface area is 147 Å². The number of hydrogen-bond donors (Lipinski definition) is 0. The third-order valence-electron chi connectivity index (χ3n) is 6.77. The van der Waals surface area contributed by atoms with Crippen LogP contribution in [0.25, 0.3) is 0 Å². The van der Waals surface area contributed by atoms with Gasteiger partial charge in [-0.05, 0) is 0 Å². The van der Waals surface area contributed by atoms with Gasteiger partial charge in [0.1, 0.15) is 0 Å². The summed E-state index contributed by atoms with van der Waals surface area (Å²) < 4.78 is 10.5. The molecule has 3 fully saturated rings. The first-order valence-corrected chi connectivity index (χ1v) is 17.6. The monoisotopic (exact) mass is 428 g/mol. The molecule has 0 radical (unpaired) electrons. The summed E-state index contributed by atoms with van der Waals surface area (Å²) in [5.74, 6) is 2.74. The first-order valence-electron chi connectivity index (χ1n) is 10.3. The zero-order valence-electron chi connectivity index (χ0n) is 15.2. The van der Waals surface area contributed by atoms with Gasteiger partial charge in [-0.15, -0.1) is 0 Å². The average molecular weight is 427 g/mol. The minimum absolute atomic E-state index is 0.0507. The van der Waals surface area contributed by atoms with Crippen LogP contribution in [0.3, 0.4) is 0 Å². The van der Waals surface area contributed by atoms with Gasteiger partial charge in [-0.25, -0.2) is 0 Å². The van der Waals surface area contributed by atoms with Crippen LogP contribution < -0.4 is 0 Å². The van der Waals surface area contributed by atoms with E-state index in [4.69, 9.17) is 3.07 Å². The van der Waals surface area contributed by atoms with Crippen molar-refractivity contribution in [2.45, 2.75) is 97.3 Å². The second kappa shape index (κ2) is 8.58. The minimum atomic E-state index is -2.81. The van der Waals surface area contributed by atoms with Gasteiger partial charge in [-0.1, -0.05) is 0 Å². The molecule has 3 aliphatic carbocycles. The van der Waals surface area contributed by atoms with Crippen LogP contribution in [-0.2, 0) is 7.87 Å². The van der Waals surface area contributed by atoms with Crippen LogP contribution in [0.2, 0.25) is 13.3 Å². The van der Waals surface area contributed by atoms with E-state index >= 15 is 0 Å². The first-order chi connectivity index (χ1) is 11.2. The first kappa shape index (κ1) is 18.1. The van der Waals surface area contributed by atoms with E-state index in [0.717, 1.165) is 17.8 Å². The van der Waals surface area contributed by atoms with E-state index in [1.165, 1.54) is 90.4 Å². The summed E-state index contributed by atoms with van der Waals surface area (Å²) in [5.41, 5.74) is 0. The SMILES string of the molecule is CC(=O)[O][Sn]([CH2]C1CCCC1)([CH2]C1CCCC1)[CH2]C1CCCC1. The second-order valence-corrected chi connectivity index (χ2v) is 19.7. The van der Waals surface area contributed by atoms with Crippen molar-refractivity contribution in [2.24, 2.45) is 17.8 Å². The molecule has 0 aliphatic heterocycles. The molecule has 0 atom stereocenters. The molecular formula is C20H36O2Sn. The van der Waals surface area contributed by atoms with Crippen LogP contribution in [-0.4, -0.2) is 24.8 Å². The Morgan fingerprint density at radius 1 is 0.739 bits per heavy atom. The number of carbonyl (C=O) groups is 1. The fraction of sp³-hybridized carbons (Fsp3) is 0.950. The van der Waals surface area contributed by atoms with Crippen molar-refractivity contribution in [1.29, 1.82) is 0 Å². The van der Waals surface area contributed by atoms with E-state index in [9.17, 15) is 4.79 Å². The number of rotatable bonds is 7. The van der Waals surface area contributed by atoms with E-state index in [1.807, 2.05) is 0 Å². The van der Waals surface area contributed by atoms with Crippen molar-refractivity contribution in [3.63, 3.8) is 0 Å². The Kier molecular flexibility index (Phi) is 6.74. The van der Waals surface area contributed by atoms with Crippen LogP contribution in [0.1, 0.15) is 84.0 Å². The van der Waals surface area contributed by atoms with Gasteiger partial charge < -0.3 is 0 Å². The van der Waals surface area contributed by atoms with Crippen LogP contribution in [0, 0.1) is 17.8 Å². The number of hydrogen-bond acceptors (Lipinski definition) is 2. The van der Waals surface area contributed by atoms with Crippen molar-refractivity contribution < 1.29 is 7.87 Å². The van der Waals surface area contributed by atoms with Gasteiger partial charge in [0, 0.05) is 0 Å². The summed E-state index contributed by atoms with van der Waals surface area (Å²) in [6.45, 7) is 1.68. The molecule has 0 saturated heterocycles. The van der Waals surface area contributed by atoms with Gasteiger partial charge in [0.2, 0.25) is 0 Å². The summed E-state index contributed by atoms with van der Waals surface area (Å²) in [5, 5.41) is 0. The van der Waals surface area contributed by atoms with Gasteiger partial charge in [-0.2, -0.15) is 0 Å². The van der Waals surface area contributed by atoms with Crippen molar-refractivity contribution in [3.05, 3.63) is 0 Å². The molecule has 23 heavy (non-hydrogen) atoms. The van der Waals surface area contributed by atoms with Crippen LogP contribution in [0.5, 0.6) is 0 Å². The normalized spacial score (nSPS) is 24.6. The molecular weight excluding hydrogens is 391 g/mol. The molecule has 0 bridgehead atoms. The van der Waals surface area contributed by atoms with Gasteiger partial charge in [0.05, 0.1) is 0 Å². The molecule has 132 valence electrons. The molecule has 3 saturated carbocycles. The standard InChI is InChI=1S/3C6H11.C2H4O2.Sn/c3*1-6-4-2-3-5-6;1-2(3)4;/h3*6H,1-5H2;1H3,(H,3,4);/q;;;;+1/p-1. The second-order valence-electron chi connectivity index (χ2n) is 8.84. The molecule has 0 spiro atoms. The van der Waals surface area contributed by atoms with E-state index in [1.54, 1.807) is 6.92 Å². The Bertz CT molecular complexity index is 332. The van der Waals surface area contributed by atoms with Crippen molar-refractivity contribution in [3.8, 4) is 0 Å². The predicted octanol–water partition coefficient (Wildman–Crippen LogP) is 6.07. The van der Waals surface area contributed by atoms with Crippen molar-refractivity contribution >= 4 is 24.8 Å². The van der Waals surface area contributed by atoms with E-state index in [0.29, 0.717) is 0 Å². The van der Waals surface area contributed by atoms with E-state index < -0.39 is 18.8 Å². The molecule has 2 nitrogen and oxygen atoms in total. The van der Waals surface area contributed by atoms with Crippen LogP contribution >= 0.6 is 0 Å². The molecule has 0 unspecified atom stereocenters. The van der Waals surface area contributed by atoms with E-state index in [2.05, 4.69) is 0 Å². The molecule has 0 aromatic rings. The maximum atomic E-state index is 12.0.